The summed E-state index contributed by atoms with van der Waals surface area (Å²) in [6, 6.07) is -0.352. The van der Waals surface area contributed by atoms with E-state index < -0.39 is 11.7 Å². The number of fused-ring (bicyclic) bond motifs is 1. The Morgan fingerprint density at radius 3 is 2.68 bits per heavy atom. The molecule has 0 bridgehead atoms. The standard InChI is InChI=1S/C16H18N4O4S/c1-8-11-6-17-15(25-3)18-13(11)20(14(22)12(8)9(2)21)10-4-5-19(7-10)16(23)24/h6,10H,4-5,7H2,1-3H3,(H,23,24)/t10-/m0/s1. The van der Waals surface area contributed by atoms with Crippen molar-refractivity contribution in [3.8, 4) is 0 Å². The maximum absolute atomic E-state index is 13.0. The average Bonchev–Trinajstić information content (AvgIpc) is 3.04. The van der Waals surface area contributed by atoms with E-state index in [1.54, 1.807) is 13.1 Å². The molecule has 0 aliphatic carbocycles. The van der Waals surface area contributed by atoms with Gasteiger partial charge in [-0.05, 0) is 32.1 Å². The van der Waals surface area contributed by atoms with E-state index in [0.29, 0.717) is 34.7 Å². The quantitative estimate of drug-likeness (QED) is 0.505. The summed E-state index contributed by atoms with van der Waals surface area (Å²) in [5, 5.41) is 10.3. The largest absolute Gasteiger partial charge is 0.465 e. The topological polar surface area (TPSA) is 105 Å². The van der Waals surface area contributed by atoms with Crippen LogP contribution in [0.5, 0.6) is 0 Å². The number of amides is 1. The fraction of sp³-hybridized carbons (Fsp3) is 0.438. The fourth-order valence-electron chi connectivity index (χ4n) is 3.30. The van der Waals surface area contributed by atoms with Crippen molar-refractivity contribution in [1.82, 2.24) is 19.4 Å². The Bertz CT molecular complexity index is 940. The molecule has 1 atom stereocenters. The zero-order valence-corrected chi connectivity index (χ0v) is 15.0. The molecule has 1 aliphatic rings. The van der Waals surface area contributed by atoms with Crippen molar-refractivity contribution < 1.29 is 14.7 Å². The number of hydrogen-bond acceptors (Lipinski definition) is 6. The number of nitrogens with zero attached hydrogens (tertiary/aromatic N) is 4. The van der Waals surface area contributed by atoms with Crippen molar-refractivity contribution in [1.29, 1.82) is 0 Å². The molecule has 8 nitrogen and oxygen atoms in total. The molecule has 2 aromatic heterocycles. The average molecular weight is 362 g/mol. The van der Waals surface area contributed by atoms with Gasteiger partial charge in [-0.15, -0.1) is 0 Å². The first-order valence-corrected chi connectivity index (χ1v) is 9.02. The normalized spacial score (nSPS) is 17.2. The Morgan fingerprint density at radius 1 is 1.40 bits per heavy atom. The van der Waals surface area contributed by atoms with E-state index in [4.69, 9.17) is 0 Å². The number of rotatable bonds is 3. The Hall–Kier alpha value is -2.42. The van der Waals surface area contributed by atoms with Gasteiger partial charge in [-0.2, -0.15) is 0 Å². The van der Waals surface area contributed by atoms with Crippen molar-refractivity contribution in [3.05, 3.63) is 27.7 Å². The third-order valence-corrected chi connectivity index (χ3v) is 5.08. The van der Waals surface area contributed by atoms with E-state index in [0.717, 1.165) is 0 Å². The van der Waals surface area contributed by atoms with Crippen LogP contribution in [0.15, 0.2) is 16.1 Å². The molecule has 9 heteroatoms. The molecule has 3 heterocycles. The van der Waals surface area contributed by atoms with Crippen molar-refractivity contribution in [2.24, 2.45) is 0 Å². The number of hydrogen-bond donors (Lipinski definition) is 1. The minimum absolute atomic E-state index is 0.113. The van der Waals surface area contributed by atoms with Crippen LogP contribution >= 0.6 is 11.8 Å². The molecule has 25 heavy (non-hydrogen) atoms. The molecule has 0 spiro atoms. The Morgan fingerprint density at radius 2 is 2.12 bits per heavy atom. The van der Waals surface area contributed by atoms with Crippen LogP contribution < -0.4 is 5.56 Å². The van der Waals surface area contributed by atoms with E-state index in [2.05, 4.69) is 9.97 Å². The second-order valence-corrected chi connectivity index (χ2v) is 6.77. The first-order chi connectivity index (χ1) is 11.8. The monoisotopic (exact) mass is 362 g/mol. The molecule has 1 N–H and O–H groups in total. The first kappa shape index (κ1) is 17.4. The summed E-state index contributed by atoms with van der Waals surface area (Å²) in [5.74, 6) is -0.319. The second kappa shape index (κ2) is 6.47. The third kappa shape index (κ3) is 2.88. The molecule has 132 valence electrons. The van der Waals surface area contributed by atoms with Crippen LogP contribution in [-0.4, -0.2) is 55.8 Å². The lowest BCUT2D eigenvalue weighted by Crippen LogP contribution is -2.33. The lowest BCUT2D eigenvalue weighted by atomic mass is 10.0. The SMILES string of the molecule is CSc1ncc2c(C)c(C(C)=O)c(=O)n([C@H]3CCN(C(=O)O)C3)c2n1. The molecule has 1 aliphatic heterocycles. The van der Waals surface area contributed by atoms with Crippen molar-refractivity contribution in [2.75, 3.05) is 19.3 Å². The summed E-state index contributed by atoms with van der Waals surface area (Å²) in [7, 11) is 0. The van der Waals surface area contributed by atoms with E-state index in [1.807, 2.05) is 6.26 Å². The van der Waals surface area contributed by atoms with Crippen LogP contribution in [0.3, 0.4) is 0 Å². The van der Waals surface area contributed by atoms with Crippen LogP contribution in [0.2, 0.25) is 0 Å². The number of Topliss-reactive ketones (excluding diaryl/α,β-unsaturated/α-hetero) is 1. The molecule has 0 saturated carbocycles. The molecule has 1 fully saturated rings. The van der Waals surface area contributed by atoms with Gasteiger partial charge in [0.1, 0.15) is 5.65 Å². The number of carboxylic acid groups (broad SMARTS) is 1. The van der Waals surface area contributed by atoms with Crippen LogP contribution in [0.25, 0.3) is 11.0 Å². The lowest BCUT2D eigenvalue weighted by Gasteiger charge is -2.19. The van der Waals surface area contributed by atoms with Gasteiger partial charge in [-0.3, -0.25) is 14.2 Å². The second-order valence-electron chi connectivity index (χ2n) is 6.00. The van der Waals surface area contributed by atoms with Crippen LogP contribution in [0.1, 0.15) is 35.3 Å². The number of ketones is 1. The molecule has 3 rings (SSSR count). The summed E-state index contributed by atoms with van der Waals surface area (Å²) in [4.78, 5) is 46.2. The van der Waals surface area contributed by atoms with Gasteiger partial charge in [0.05, 0.1) is 11.6 Å². The number of aryl methyl sites for hydroxylation is 1. The number of carbonyl (C=O) groups is 2. The highest BCUT2D eigenvalue weighted by Crippen LogP contribution is 2.27. The molecular formula is C16H18N4O4S. The first-order valence-electron chi connectivity index (χ1n) is 7.79. The molecule has 0 aromatic carbocycles. The van der Waals surface area contributed by atoms with E-state index >= 15 is 0 Å². The van der Waals surface area contributed by atoms with Gasteiger partial charge < -0.3 is 10.0 Å². The zero-order valence-electron chi connectivity index (χ0n) is 14.1. The molecule has 2 aromatic rings. The van der Waals surface area contributed by atoms with Gasteiger partial charge in [0.2, 0.25) is 0 Å². The number of carbonyl (C=O) groups excluding carboxylic acids is 1. The summed E-state index contributed by atoms with van der Waals surface area (Å²) in [5.41, 5.74) is 0.704. The zero-order chi connectivity index (χ0) is 18.3. The molecule has 0 unspecified atom stereocenters. The van der Waals surface area contributed by atoms with Crippen LogP contribution in [0.4, 0.5) is 4.79 Å². The maximum Gasteiger partial charge on any atom is 0.407 e. The van der Waals surface area contributed by atoms with Crippen molar-refractivity contribution in [2.45, 2.75) is 31.5 Å². The van der Waals surface area contributed by atoms with Gasteiger partial charge in [-0.1, -0.05) is 11.8 Å². The summed E-state index contributed by atoms with van der Waals surface area (Å²) in [6.45, 7) is 3.61. The van der Waals surface area contributed by atoms with Crippen molar-refractivity contribution in [3.63, 3.8) is 0 Å². The highest BCUT2D eigenvalue weighted by atomic mass is 32.2. The van der Waals surface area contributed by atoms with Gasteiger partial charge in [0, 0.05) is 24.7 Å². The highest BCUT2D eigenvalue weighted by Gasteiger charge is 2.31. The Kier molecular flexibility index (Phi) is 4.51. The number of likely N-dealkylation sites (tertiary alicyclic amines) is 1. The number of thioether (sulfide) groups is 1. The fourth-order valence-corrected chi connectivity index (χ4v) is 3.63. The summed E-state index contributed by atoms with van der Waals surface area (Å²) < 4.78 is 1.48. The van der Waals surface area contributed by atoms with Crippen molar-refractivity contribution >= 4 is 34.7 Å². The smallest absolute Gasteiger partial charge is 0.407 e. The molecule has 1 saturated heterocycles. The maximum atomic E-state index is 13.0. The Labute approximate surface area is 147 Å². The molecule has 1 amide bonds. The third-order valence-electron chi connectivity index (χ3n) is 4.52. The predicted molar refractivity (Wildman–Crippen MR) is 93.6 cm³/mol. The summed E-state index contributed by atoms with van der Waals surface area (Å²) >= 11 is 1.35. The minimum Gasteiger partial charge on any atom is -0.465 e. The number of pyridine rings is 1. The van der Waals surface area contributed by atoms with E-state index in [-0.39, 0.29) is 23.9 Å². The lowest BCUT2D eigenvalue weighted by molar-refractivity contribution is 0.101. The molecular weight excluding hydrogens is 344 g/mol. The molecule has 0 radical (unpaired) electrons. The van der Waals surface area contributed by atoms with Crippen LogP contribution in [0, 0.1) is 6.92 Å². The minimum atomic E-state index is -1.02. The van der Waals surface area contributed by atoms with Gasteiger partial charge in [0.15, 0.2) is 10.9 Å². The van der Waals surface area contributed by atoms with Gasteiger partial charge in [0.25, 0.3) is 5.56 Å². The highest BCUT2D eigenvalue weighted by molar-refractivity contribution is 7.98. The van der Waals surface area contributed by atoms with E-state index in [1.165, 1.54) is 28.2 Å². The van der Waals surface area contributed by atoms with Gasteiger partial charge >= 0.3 is 6.09 Å². The van der Waals surface area contributed by atoms with Gasteiger partial charge in [-0.25, -0.2) is 14.8 Å². The number of aromatic nitrogens is 3. The Balaban J connectivity index is 2.30. The summed E-state index contributed by atoms with van der Waals surface area (Å²) in [6.07, 6.45) is 2.94. The predicted octanol–water partition coefficient (Wildman–Crippen LogP) is 1.95. The van der Waals surface area contributed by atoms with Crippen LogP contribution in [-0.2, 0) is 0 Å². The van der Waals surface area contributed by atoms with E-state index in [9.17, 15) is 19.5 Å².